The summed E-state index contributed by atoms with van der Waals surface area (Å²) >= 11 is 0. The number of rotatable bonds is 5. The number of aryl methyl sites for hydroxylation is 1. The van der Waals surface area contributed by atoms with Crippen LogP contribution in [-0.4, -0.2) is 41.3 Å². The molecule has 3 atom stereocenters. The Labute approximate surface area is 141 Å². The quantitative estimate of drug-likeness (QED) is 0.865. The predicted octanol–water partition coefficient (Wildman–Crippen LogP) is 3.09. The van der Waals surface area contributed by atoms with Gasteiger partial charge in [0.25, 0.3) is 0 Å². The summed E-state index contributed by atoms with van der Waals surface area (Å²) < 4.78 is 26.1. The lowest BCUT2D eigenvalue weighted by atomic mass is 9.94. The van der Waals surface area contributed by atoms with Crippen LogP contribution in [0.3, 0.4) is 0 Å². The third-order valence-electron chi connectivity index (χ3n) is 4.65. The van der Waals surface area contributed by atoms with E-state index in [1.807, 2.05) is 6.92 Å². The summed E-state index contributed by atoms with van der Waals surface area (Å²) in [7, 11) is 0. The second kappa shape index (κ2) is 8.42. The summed E-state index contributed by atoms with van der Waals surface area (Å²) in [5.41, 5.74) is 0.710. The highest BCUT2D eigenvalue weighted by Crippen LogP contribution is 2.20. The SMILES string of the molecule is C[C@H](CCc1ccc(F)c(F)c1)NC(=O)N1CCC[C@H]([C@@H](C)O)C1. The molecule has 1 heterocycles. The zero-order valence-electron chi connectivity index (χ0n) is 14.3. The number of benzene rings is 1. The van der Waals surface area contributed by atoms with Crippen molar-refractivity contribution in [3.63, 3.8) is 0 Å². The summed E-state index contributed by atoms with van der Waals surface area (Å²) in [5, 5.41) is 12.6. The van der Waals surface area contributed by atoms with Crippen LogP contribution in [0.25, 0.3) is 0 Å². The Kier molecular flexibility index (Phi) is 6.54. The van der Waals surface area contributed by atoms with Gasteiger partial charge in [0, 0.05) is 25.0 Å². The van der Waals surface area contributed by atoms with Gasteiger partial charge in [-0.3, -0.25) is 0 Å². The minimum Gasteiger partial charge on any atom is -0.393 e. The molecule has 134 valence electrons. The summed E-state index contributed by atoms with van der Waals surface area (Å²) in [5.74, 6) is -1.57. The number of nitrogens with zero attached hydrogens (tertiary/aromatic N) is 1. The lowest BCUT2D eigenvalue weighted by Gasteiger charge is -2.34. The van der Waals surface area contributed by atoms with E-state index in [2.05, 4.69) is 5.32 Å². The minimum absolute atomic E-state index is 0.0717. The first-order chi connectivity index (χ1) is 11.4. The number of piperidine rings is 1. The summed E-state index contributed by atoms with van der Waals surface area (Å²) in [6.07, 6.45) is 2.63. The highest BCUT2D eigenvalue weighted by Gasteiger charge is 2.26. The van der Waals surface area contributed by atoms with E-state index in [9.17, 15) is 18.7 Å². The Morgan fingerprint density at radius 2 is 2.12 bits per heavy atom. The van der Waals surface area contributed by atoms with Crippen LogP contribution in [0.5, 0.6) is 0 Å². The van der Waals surface area contributed by atoms with E-state index in [4.69, 9.17) is 0 Å². The number of hydrogen-bond acceptors (Lipinski definition) is 2. The van der Waals surface area contributed by atoms with Crippen LogP contribution in [0.15, 0.2) is 18.2 Å². The summed E-state index contributed by atoms with van der Waals surface area (Å²) in [6.45, 7) is 4.93. The van der Waals surface area contributed by atoms with E-state index >= 15 is 0 Å². The van der Waals surface area contributed by atoms with E-state index in [1.165, 1.54) is 6.07 Å². The second-order valence-electron chi connectivity index (χ2n) is 6.73. The van der Waals surface area contributed by atoms with Crippen LogP contribution < -0.4 is 5.32 Å². The van der Waals surface area contributed by atoms with Crippen molar-refractivity contribution in [2.24, 2.45) is 5.92 Å². The third-order valence-corrected chi connectivity index (χ3v) is 4.65. The maximum Gasteiger partial charge on any atom is 0.317 e. The molecule has 0 radical (unpaired) electrons. The highest BCUT2D eigenvalue weighted by molar-refractivity contribution is 5.74. The molecule has 1 aliphatic heterocycles. The maximum atomic E-state index is 13.2. The Morgan fingerprint density at radius 3 is 2.79 bits per heavy atom. The fraction of sp³-hybridized carbons (Fsp3) is 0.611. The first kappa shape index (κ1) is 18.6. The Bertz CT molecular complexity index is 566. The van der Waals surface area contributed by atoms with Crippen LogP contribution >= 0.6 is 0 Å². The van der Waals surface area contributed by atoms with Crippen LogP contribution in [0, 0.1) is 17.6 Å². The number of halogens is 2. The van der Waals surface area contributed by atoms with Crippen molar-refractivity contribution in [3.8, 4) is 0 Å². The number of urea groups is 1. The van der Waals surface area contributed by atoms with Gasteiger partial charge in [-0.15, -0.1) is 0 Å². The molecule has 0 unspecified atom stereocenters. The molecule has 0 bridgehead atoms. The molecular weight excluding hydrogens is 314 g/mol. The van der Waals surface area contributed by atoms with E-state index in [0.717, 1.165) is 18.9 Å². The molecule has 2 rings (SSSR count). The van der Waals surface area contributed by atoms with E-state index in [0.29, 0.717) is 31.5 Å². The van der Waals surface area contributed by atoms with Gasteiger partial charge >= 0.3 is 6.03 Å². The number of carbonyl (C=O) groups excluding carboxylic acids is 1. The second-order valence-corrected chi connectivity index (χ2v) is 6.73. The number of nitrogens with one attached hydrogen (secondary N) is 1. The first-order valence-corrected chi connectivity index (χ1v) is 8.54. The molecule has 0 aliphatic carbocycles. The van der Waals surface area contributed by atoms with E-state index in [1.54, 1.807) is 17.9 Å². The number of amides is 2. The lowest BCUT2D eigenvalue weighted by molar-refractivity contribution is 0.0734. The zero-order valence-corrected chi connectivity index (χ0v) is 14.3. The molecule has 4 nitrogen and oxygen atoms in total. The Morgan fingerprint density at radius 1 is 1.38 bits per heavy atom. The molecule has 2 N–H and O–H groups in total. The molecule has 1 aromatic rings. The molecule has 0 aromatic heterocycles. The average Bonchev–Trinajstić information content (AvgIpc) is 2.56. The normalized spacial score (nSPS) is 20.5. The predicted molar refractivity (Wildman–Crippen MR) is 88.7 cm³/mol. The molecule has 0 spiro atoms. The molecule has 1 fully saturated rings. The van der Waals surface area contributed by atoms with Crippen molar-refractivity contribution >= 4 is 6.03 Å². The molecule has 24 heavy (non-hydrogen) atoms. The molecule has 1 saturated heterocycles. The molecule has 0 saturated carbocycles. The molecule has 1 aromatic carbocycles. The Balaban J connectivity index is 1.79. The first-order valence-electron chi connectivity index (χ1n) is 8.54. The van der Waals surface area contributed by atoms with Crippen molar-refractivity contribution in [2.75, 3.05) is 13.1 Å². The fourth-order valence-electron chi connectivity index (χ4n) is 3.04. The van der Waals surface area contributed by atoms with Gasteiger partial charge in [-0.05, 0) is 57.2 Å². The van der Waals surface area contributed by atoms with Gasteiger partial charge in [0.15, 0.2) is 11.6 Å². The summed E-state index contributed by atoms with van der Waals surface area (Å²) in [4.78, 5) is 14.1. The zero-order chi connectivity index (χ0) is 17.7. The van der Waals surface area contributed by atoms with Crippen LogP contribution in [0.2, 0.25) is 0 Å². The number of likely N-dealkylation sites (tertiary alicyclic amines) is 1. The number of carbonyl (C=O) groups is 1. The van der Waals surface area contributed by atoms with Crippen molar-refractivity contribution in [2.45, 2.75) is 51.7 Å². The maximum absolute atomic E-state index is 13.2. The van der Waals surface area contributed by atoms with Gasteiger partial charge in [-0.1, -0.05) is 6.07 Å². The number of aliphatic hydroxyl groups is 1. The number of hydrogen-bond donors (Lipinski definition) is 2. The fourth-order valence-corrected chi connectivity index (χ4v) is 3.04. The van der Waals surface area contributed by atoms with Crippen LogP contribution in [0.1, 0.15) is 38.7 Å². The molecule has 6 heteroatoms. The van der Waals surface area contributed by atoms with Crippen molar-refractivity contribution < 1.29 is 18.7 Å². The van der Waals surface area contributed by atoms with Gasteiger partial charge in [0.2, 0.25) is 0 Å². The van der Waals surface area contributed by atoms with E-state index < -0.39 is 17.7 Å². The van der Waals surface area contributed by atoms with E-state index in [-0.39, 0.29) is 18.0 Å². The van der Waals surface area contributed by atoms with Gasteiger partial charge in [-0.25, -0.2) is 13.6 Å². The Hall–Kier alpha value is -1.69. The summed E-state index contributed by atoms with van der Waals surface area (Å²) in [6, 6.07) is 3.68. The smallest absolute Gasteiger partial charge is 0.317 e. The highest BCUT2D eigenvalue weighted by atomic mass is 19.2. The standard InChI is InChI=1S/C18H26F2N2O2/c1-12(5-6-14-7-8-16(19)17(20)10-14)21-18(24)22-9-3-4-15(11-22)13(2)23/h7-8,10,12-13,15,23H,3-6,9,11H2,1-2H3,(H,21,24)/t12-,13-,15+/m1/s1. The molecule has 1 aliphatic rings. The van der Waals surface area contributed by atoms with Crippen LogP contribution in [-0.2, 0) is 6.42 Å². The molecular formula is C18H26F2N2O2. The van der Waals surface area contributed by atoms with Gasteiger partial charge < -0.3 is 15.3 Å². The number of aliphatic hydroxyl groups excluding tert-OH is 1. The van der Waals surface area contributed by atoms with Crippen molar-refractivity contribution in [3.05, 3.63) is 35.4 Å². The molecule has 2 amide bonds. The van der Waals surface area contributed by atoms with Crippen molar-refractivity contribution in [1.29, 1.82) is 0 Å². The van der Waals surface area contributed by atoms with Gasteiger partial charge in [-0.2, -0.15) is 0 Å². The topological polar surface area (TPSA) is 52.6 Å². The minimum atomic E-state index is -0.849. The average molecular weight is 340 g/mol. The van der Waals surface area contributed by atoms with Crippen molar-refractivity contribution in [1.82, 2.24) is 10.2 Å². The van der Waals surface area contributed by atoms with Gasteiger partial charge in [0.05, 0.1) is 6.10 Å². The lowest BCUT2D eigenvalue weighted by Crippen LogP contribution is -2.49. The third kappa shape index (κ3) is 5.16. The van der Waals surface area contributed by atoms with Crippen LogP contribution in [0.4, 0.5) is 13.6 Å². The monoisotopic (exact) mass is 340 g/mol. The largest absolute Gasteiger partial charge is 0.393 e. The van der Waals surface area contributed by atoms with Gasteiger partial charge in [0.1, 0.15) is 0 Å².